The summed E-state index contributed by atoms with van der Waals surface area (Å²) in [5, 5.41) is 2.38. The Hall–Kier alpha value is -0.980. The Morgan fingerprint density at radius 1 is 1.42 bits per heavy atom. The molecule has 12 heavy (non-hydrogen) atoms. The van der Waals surface area contributed by atoms with Gasteiger partial charge in [-0.25, -0.2) is 0 Å². The molecule has 1 aromatic rings. The van der Waals surface area contributed by atoms with Crippen molar-refractivity contribution in [3.8, 4) is 0 Å². The number of isothiocyanates is 1. The summed E-state index contributed by atoms with van der Waals surface area (Å²) in [6.07, 6.45) is 2.65. The van der Waals surface area contributed by atoms with Crippen LogP contribution < -0.4 is 0 Å². The molecule has 0 N–H and O–H groups in total. The third kappa shape index (κ3) is 1.60. The average molecular weight is 175 g/mol. The molecule has 0 aromatic heterocycles. The number of nitrogens with zero attached hydrogens (tertiary/aromatic N) is 1. The molecule has 1 saturated carbocycles. The first-order valence-corrected chi connectivity index (χ1v) is 4.49. The monoisotopic (exact) mass is 175 g/mol. The van der Waals surface area contributed by atoms with Crippen molar-refractivity contribution < 1.29 is 0 Å². The predicted molar refractivity (Wildman–Crippen MR) is 53.1 cm³/mol. The highest BCUT2D eigenvalue weighted by Crippen LogP contribution is 2.40. The zero-order chi connectivity index (χ0) is 8.39. The van der Waals surface area contributed by atoms with Gasteiger partial charge in [-0.1, -0.05) is 12.1 Å². The molecule has 0 heterocycles. The van der Waals surface area contributed by atoms with E-state index in [2.05, 4.69) is 34.5 Å². The lowest BCUT2D eigenvalue weighted by atomic mass is 10.1. The highest BCUT2D eigenvalue weighted by Gasteiger charge is 2.23. The first-order chi connectivity index (χ1) is 5.90. The van der Waals surface area contributed by atoms with Crippen LogP contribution in [0.2, 0.25) is 0 Å². The van der Waals surface area contributed by atoms with Gasteiger partial charge in [0, 0.05) is 0 Å². The molecule has 0 amide bonds. The molecular weight excluding hydrogens is 166 g/mol. The van der Waals surface area contributed by atoms with Crippen LogP contribution in [0.5, 0.6) is 0 Å². The van der Waals surface area contributed by atoms with E-state index in [9.17, 15) is 0 Å². The molecule has 1 aliphatic rings. The van der Waals surface area contributed by atoms with E-state index in [1.165, 1.54) is 18.4 Å². The SMILES string of the molecule is S=C=Nc1cccc(C2CC2)c1. The molecule has 1 aliphatic carbocycles. The van der Waals surface area contributed by atoms with Crippen LogP contribution >= 0.6 is 12.2 Å². The molecular formula is C10H9NS. The molecule has 0 radical (unpaired) electrons. The molecule has 2 heteroatoms. The largest absolute Gasteiger partial charge is 0.195 e. The summed E-state index contributed by atoms with van der Waals surface area (Å²) >= 11 is 4.54. The van der Waals surface area contributed by atoms with Gasteiger partial charge in [0.15, 0.2) is 0 Å². The minimum atomic E-state index is 0.783. The fourth-order valence-corrected chi connectivity index (χ4v) is 1.42. The molecule has 0 unspecified atom stereocenters. The second kappa shape index (κ2) is 3.18. The van der Waals surface area contributed by atoms with Crippen LogP contribution in [-0.4, -0.2) is 5.16 Å². The molecule has 0 atom stereocenters. The minimum absolute atomic E-state index is 0.783. The average Bonchev–Trinajstić information content (AvgIpc) is 2.88. The zero-order valence-electron chi connectivity index (χ0n) is 6.66. The van der Waals surface area contributed by atoms with Crippen molar-refractivity contribution in [3.63, 3.8) is 0 Å². The van der Waals surface area contributed by atoms with E-state index in [1.54, 1.807) is 0 Å². The lowest BCUT2D eigenvalue weighted by Gasteiger charge is -1.97. The molecule has 0 saturated heterocycles. The van der Waals surface area contributed by atoms with E-state index in [-0.39, 0.29) is 0 Å². The quantitative estimate of drug-likeness (QED) is 0.496. The Bertz CT molecular complexity index is 335. The fraction of sp³-hybridized carbons (Fsp3) is 0.300. The van der Waals surface area contributed by atoms with Crippen molar-refractivity contribution in [2.24, 2.45) is 4.99 Å². The van der Waals surface area contributed by atoms with Gasteiger partial charge in [-0.05, 0) is 48.7 Å². The minimum Gasteiger partial charge on any atom is -0.195 e. The maximum atomic E-state index is 4.54. The van der Waals surface area contributed by atoms with Crippen LogP contribution in [0.1, 0.15) is 24.3 Å². The molecule has 0 aliphatic heterocycles. The number of benzene rings is 1. The number of rotatable bonds is 2. The number of hydrogen-bond donors (Lipinski definition) is 0. The first-order valence-electron chi connectivity index (χ1n) is 4.08. The Morgan fingerprint density at radius 2 is 2.25 bits per heavy atom. The Balaban J connectivity index is 2.32. The standard InChI is InChI=1S/C10H9NS/c12-7-11-10-3-1-2-9(6-10)8-4-5-8/h1-3,6,8H,4-5H2. The maximum Gasteiger partial charge on any atom is 0.0742 e. The van der Waals surface area contributed by atoms with Crippen LogP contribution in [0, 0.1) is 0 Å². The topological polar surface area (TPSA) is 12.4 Å². The van der Waals surface area contributed by atoms with E-state index in [0.29, 0.717) is 0 Å². The Labute approximate surface area is 77.1 Å². The normalized spacial score (nSPS) is 15.3. The third-order valence-electron chi connectivity index (χ3n) is 2.09. The third-order valence-corrected chi connectivity index (χ3v) is 2.18. The molecule has 1 nitrogen and oxygen atoms in total. The lowest BCUT2D eigenvalue weighted by Crippen LogP contribution is -1.76. The summed E-state index contributed by atoms with van der Waals surface area (Å²) in [7, 11) is 0. The second-order valence-corrected chi connectivity index (χ2v) is 3.25. The van der Waals surface area contributed by atoms with E-state index in [4.69, 9.17) is 0 Å². The molecule has 0 bridgehead atoms. The summed E-state index contributed by atoms with van der Waals surface area (Å²) in [5.74, 6) is 0.783. The van der Waals surface area contributed by atoms with Crippen molar-refractivity contribution >= 4 is 23.1 Å². The molecule has 0 spiro atoms. The molecule has 1 aromatic carbocycles. The van der Waals surface area contributed by atoms with Crippen molar-refractivity contribution in [1.82, 2.24) is 0 Å². The Morgan fingerprint density at radius 3 is 2.92 bits per heavy atom. The fourth-order valence-electron chi connectivity index (χ4n) is 1.32. The summed E-state index contributed by atoms with van der Waals surface area (Å²) in [4.78, 5) is 3.94. The van der Waals surface area contributed by atoms with Gasteiger partial charge >= 0.3 is 0 Å². The van der Waals surface area contributed by atoms with Crippen LogP contribution in [0.15, 0.2) is 29.3 Å². The van der Waals surface area contributed by atoms with Crippen LogP contribution in [0.4, 0.5) is 5.69 Å². The Kier molecular flexibility index (Phi) is 2.03. The van der Waals surface area contributed by atoms with Gasteiger partial charge in [0.2, 0.25) is 0 Å². The van der Waals surface area contributed by atoms with Gasteiger partial charge in [-0.2, -0.15) is 4.99 Å². The van der Waals surface area contributed by atoms with E-state index >= 15 is 0 Å². The van der Waals surface area contributed by atoms with Gasteiger partial charge in [0.25, 0.3) is 0 Å². The van der Waals surface area contributed by atoms with E-state index < -0.39 is 0 Å². The first kappa shape index (κ1) is 7.66. The number of thiocarbonyl (C=S) groups is 1. The van der Waals surface area contributed by atoms with E-state index in [1.807, 2.05) is 12.1 Å². The van der Waals surface area contributed by atoms with Crippen molar-refractivity contribution in [3.05, 3.63) is 29.8 Å². The van der Waals surface area contributed by atoms with Gasteiger partial charge in [0.1, 0.15) is 0 Å². The van der Waals surface area contributed by atoms with Crippen LogP contribution in [-0.2, 0) is 0 Å². The number of hydrogen-bond acceptors (Lipinski definition) is 2. The predicted octanol–water partition coefficient (Wildman–Crippen LogP) is 3.30. The maximum absolute atomic E-state index is 4.54. The van der Waals surface area contributed by atoms with Gasteiger partial charge in [-0.15, -0.1) is 0 Å². The van der Waals surface area contributed by atoms with Crippen LogP contribution in [0.25, 0.3) is 0 Å². The highest BCUT2D eigenvalue weighted by molar-refractivity contribution is 7.78. The van der Waals surface area contributed by atoms with Crippen LogP contribution in [0.3, 0.4) is 0 Å². The summed E-state index contributed by atoms with van der Waals surface area (Å²) in [6, 6.07) is 8.22. The molecule has 1 fully saturated rings. The second-order valence-electron chi connectivity index (χ2n) is 3.07. The van der Waals surface area contributed by atoms with Crippen molar-refractivity contribution in [2.45, 2.75) is 18.8 Å². The summed E-state index contributed by atoms with van der Waals surface area (Å²) in [6.45, 7) is 0. The van der Waals surface area contributed by atoms with Gasteiger partial charge < -0.3 is 0 Å². The lowest BCUT2D eigenvalue weighted by molar-refractivity contribution is 1.13. The number of aliphatic imine (C=N–C) groups is 1. The van der Waals surface area contributed by atoms with Crippen molar-refractivity contribution in [2.75, 3.05) is 0 Å². The smallest absolute Gasteiger partial charge is 0.0742 e. The zero-order valence-corrected chi connectivity index (χ0v) is 7.47. The van der Waals surface area contributed by atoms with E-state index in [0.717, 1.165) is 11.6 Å². The van der Waals surface area contributed by atoms with Gasteiger partial charge in [-0.3, -0.25) is 0 Å². The highest BCUT2D eigenvalue weighted by atomic mass is 32.1. The summed E-state index contributed by atoms with van der Waals surface area (Å²) in [5.41, 5.74) is 2.32. The van der Waals surface area contributed by atoms with Crippen molar-refractivity contribution in [1.29, 1.82) is 0 Å². The molecule has 60 valence electrons. The molecule has 2 rings (SSSR count). The summed E-state index contributed by atoms with van der Waals surface area (Å²) < 4.78 is 0. The van der Waals surface area contributed by atoms with Gasteiger partial charge in [0.05, 0.1) is 10.8 Å².